The van der Waals surface area contributed by atoms with E-state index in [0.29, 0.717) is 17.1 Å². The molecule has 1 amide bonds. The lowest BCUT2D eigenvalue weighted by molar-refractivity contribution is 0.102. The summed E-state index contributed by atoms with van der Waals surface area (Å²) < 4.78 is 1.90. The number of imidazole rings is 1. The van der Waals surface area contributed by atoms with Gasteiger partial charge in [0, 0.05) is 12.6 Å². The number of nitrogens with two attached hydrogens (primary N) is 1. The second kappa shape index (κ2) is 4.65. The Kier molecular flexibility index (Phi) is 2.83. The monoisotopic (exact) mass is 267 g/mol. The number of pyridine rings is 1. The van der Waals surface area contributed by atoms with Crippen LogP contribution in [0.1, 0.15) is 10.4 Å². The molecule has 2 heterocycles. The third kappa shape index (κ3) is 2.18. The van der Waals surface area contributed by atoms with E-state index >= 15 is 0 Å². The highest BCUT2D eigenvalue weighted by Gasteiger charge is 2.09. The average molecular weight is 267 g/mol. The van der Waals surface area contributed by atoms with Gasteiger partial charge in [0.1, 0.15) is 5.82 Å². The van der Waals surface area contributed by atoms with E-state index in [1.54, 1.807) is 30.6 Å². The van der Waals surface area contributed by atoms with E-state index in [1.165, 1.54) is 6.20 Å². The molecule has 2 aromatic heterocycles. The van der Waals surface area contributed by atoms with Crippen molar-refractivity contribution in [1.82, 2.24) is 14.5 Å². The molecule has 3 rings (SSSR count). The number of fused-ring (bicyclic) bond motifs is 1. The number of nitrogen functional groups attached to an aromatic ring is 1. The van der Waals surface area contributed by atoms with E-state index < -0.39 is 0 Å². The summed E-state index contributed by atoms with van der Waals surface area (Å²) in [7, 11) is 1.91. The van der Waals surface area contributed by atoms with Gasteiger partial charge in [-0.3, -0.25) is 4.79 Å². The molecular weight excluding hydrogens is 254 g/mol. The molecule has 0 bridgehead atoms. The lowest BCUT2D eigenvalue weighted by Gasteiger charge is -2.05. The van der Waals surface area contributed by atoms with Crippen molar-refractivity contribution in [2.45, 2.75) is 0 Å². The molecule has 0 aliphatic carbocycles. The molecule has 20 heavy (non-hydrogen) atoms. The fourth-order valence-corrected chi connectivity index (χ4v) is 1.95. The molecule has 6 nitrogen and oxygen atoms in total. The second-order valence-corrected chi connectivity index (χ2v) is 4.49. The number of benzene rings is 1. The predicted molar refractivity (Wildman–Crippen MR) is 77.3 cm³/mol. The molecule has 0 radical (unpaired) electrons. The summed E-state index contributed by atoms with van der Waals surface area (Å²) in [6.45, 7) is 0. The zero-order valence-corrected chi connectivity index (χ0v) is 10.9. The van der Waals surface area contributed by atoms with Gasteiger partial charge in [-0.05, 0) is 30.3 Å². The number of aryl methyl sites for hydroxylation is 1. The predicted octanol–water partition coefficient (Wildman–Crippen LogP) is 1.80. The molecule has 1 aromatic carbocycles. The number of hydrogen-bond donors (Lipinski definition) is 2. The first-order valence-corrected chi connectivity index (χ1v) is 6.07. The van der Waals surface area contributed by atoms with Gasteiger partial charge in [0.25, 0.3) is 5.91 Å². The van der Waals surface area contributed by atoms with Crippen molar-refractivity contribution in [3.8, 4) is 0 Å². The zero-order valence-electron chi connectivity index (χ0n) is 10.9. The number of amides is 1. The normalized spacial score (nSPS) is 10.7. The molecule has 0 aliphatic rings. The third-order valence-corrected chi connectivity index (χ3v) is 3.02. The Morgan fingerprint density at radius 1 is 1.25 bits per heavy atom. The molecule has 0 fully saturated rings. The van der Waals surface area contributed by atoms with E-state index in [0.717, 1.165) is 11.0 Å². The smallest absolute Gasteiger partial charge is 0.256 e. The van der Waals surface area contributed by atoms with Gasteiger partial charge in [0.2, 0.25) is 0 Å². The lowest BCUT2D eigenvalue weighted by atomic mass is 10.2. The van der Waals surface area contributed by atoms with Crippen LogP contribution in [0, 0.1) is 0 Å². The maximum absolute atomic E-state index is 12.1. The Morgan fingerprint density at radius 2 is 2.10 bits per heavy atom. The van der Waals surface area contributed by atoms with Crippen LogP contribution >= 0.6 is 0 Å². The van der Waals surface area contributed by atoms with E-state index in [1.807, 2.05) is 17.7 Å². The number of carbonyl (C=O) groups excluding carboxylic acids is 1. The minimum absolute atomic E-state index is 0.227. The highest BCUT2D eigenvalue weighted by molar-refractivity contribution is 6.05. The largest absolute Gasteiger partial charge is 0.397 e. The Hall–Kier alpha value is -2.89. The maximum Gasteiger partial charge on any atom is 0.256 e. The van der Waals surface area contributed by atoms with Crippen LogP contribution in [-0.2, 0) is 7.05 Å². The lowest BCUT2D eigenvalue weighted by Crippen LogP contribution is -2.12. The average Bonchev–Trinajstić information content (AvgIpc) is 2.82. The van der Waals surface area contributed by atoms with Crippen LogP contribution in [0.15, 0.2) is 42.9 Å². The Labute approximate surface area is 115 Å². The number of carbonyl (C=O) groups is 1. The molecule has 100 valence electrons. The second-order valence-electron chi connectivity index (χ2n) is 4.49. The number of anilines is 2. The molecule has 6 heteroatoms. The first-order chi connectivity index (χ1) is 9.63. The summed E-state index contributed by atoms with van der Waals surface area (Å²) in [5.74, 6) is 0.236. The van der Waals surface area contributed by atoms with Crippen molar-refractivity contribution in [2.24, 2.45) is 7.05 Å². The summed E-state index contributed by atoms with van der Waals surface area (Å²) in [5.41, 5.74) is 8.40. The van der Waals surface area contributed by atoms with Crippen LogP contribution in [-0.4, -0.2) is 20.4 Å². The SMILES string of the molecule is Cn1cnc2cc(C(=O)Nc3ccc(N)cn3)ccc21. The van der Waals surface area contributed by atoms with Crippen LogP contribution in [0.4, 0.5) is 11.5 Å². The van der Waals surface area contributed by atoms with Gasteiger partial charge in [0.05, 0.1) is 29.2 Å². The summed E-state index contributed by atoms with van der Waals surface area (Å²) in [4.78, 5) is 20.4. The van der Waals surface area contributed by atoms with E-state index in [4.69, 9.17) is 5.73 Å². The third-order valence-electron chi connectivity index (χ3n) is 3.02. The van der Waals surface area contributed by atoms with E-state index in [2.05, 4.69) is 15.3 Å². The van der Waals surface area contributed by atoms with Crippen LogP contribution in [0.2, 0.25) is 0 Å². The van der Waals surface area contributed by atoms with Gasteiger partial charge < -0.3 is 15.6 Å². The molecule has 0 atom stereocenters. The number of hydrogen-bond acceptors (Lipinski definition) is 4. The Bertz CT molecular complexity index is 776. The zero-order chi connectivity index (χ0) is 14.1. The first kappa shape index (κ1) is 12.2. The fourth-order valence-electron chi connectivity index (χ4n) is 1.95. The fraction of sp³-hybridized carbons (Fsp3) is 0.0714. The van der Waals surface area contributed by atoms with Gasteiger partial charge in [-0.15, -0.1) is 0 Å². The van der Waals surface area contributed by atoms with Crippen molar-refractivity contribution in [2.75, 3.05) is 11.1 Å². The standard InChI is InChI=1S/C14H13N5O/c1-19-8-17-11-6-9(2-4-12(11)19)14(20)18-13-5-3-10(15)7-16-13/h2-8H,15H2,1H3,(H,16,18,20). The molecule has 0 aliphatic heterocycles. The summed E-state index contributed by atoms with van der Waals surface area (Å²) in [5, 5.41) is 2.72. The van der Waals surface area contributed by atoms with Gasteiger partial charge >= 0.3 is 0 Å². The van der Waals surface area contributed by atoms with Crippen molar-refractivity contribution in [1.29, 1.82) is 0 Å². The van der Waals surface area contributed by atoms with Crippen LogP contribution in [0.5, 0.6) is 0 Å². The Balaban J connectivity index is 1.86. The Morgan fingerprint density at radius 3 is 2.85 bits per heavy atom. The first-order valence-electron chi connectivity index (χ1n) is 6.07. The molecule has 3 N–H and O–H groups in total. The summed E-state index contributed by atoms with van der Waals surface area (Å²) in [6, 6.07) is 8.73. The van der Waals surface area contributed by atoms with Gasteiger partial charge in [0.15, 0.2) is 0 Å². The minimum Gasteiger partial charge on any atom is -0.397 e. The quantitative estimate of drug-likeness (QED) is 0.741. The number of nitrogens with zero attached hydrogens (tertiary/aromatic N) is 3. The molecule has 0 spiro atoms. The molecule has 0 saturated heterocycles. The minimum atomic E-state index is -0.227. The molecule has 3 aromatic rings. The summed E-state index contributed by atoms with van der Waals surface area (Å²) >= 11 is 0. The highest BCUT2D eigenvalue weighted by atomic mass is 16.1. The van der Waals surface area contributed by atoms with E-state index in [-0.39, 0.29) is 5.91 Å². The molecular formula is C14H13N5O. The molecule has 0 saturated carbocycles. The highest BCUT2D eigenvalue weighted by Crippen LogP contribution is 2.15. The van der Waals surface area contributed by atoms with Gasteiger partial charge in [-0.2, -0.15) is 0 Å². The van der Waals surface area contributed by atoms with Crippen molar-refractivity contribution in [3.05, 3.63) is 48.4 Å². The van der Waals surface area contributed by atoms with Crippen LogP contribution in [0.3, 0.4) is 0 Å². The van der Waals surface area contributed by atoms with Crippen LogP contribution < -0.4 is 11.1 Å². The van der Waals surface area contributed by atoms with Gasteiger partial charge in [-0.25, -0.2) is 9.97 Å². The summed E-state index contributed by atoms with van der Waals surface area (Å²) in [6.07, 6.45) is 3.21. The van der Waals surface area contributed by atoms with Crippen molar-refractivity contribution < 1.29 is 4.79 Å². The topological polar surface area (TPSA) is 85.8 Å². The number of aromatic nitrogens is 3. The molecule has 0 unspecified atom stereocenters. The number of rotatable bonds is 2. The van der Waals surface area contributed by atoms with E-state index in [9.17, 15) is 4.79 Å². The van der Waals surface area contributed by atoms with Gasteiger partial charge in [-0.1, -0.05) is 0 Å². The van der Waals surface area contributed by atoms with Crippen molar-refractivity contribution >= 4 is 28.4 Å². The number of nitrogens with one attached hydrogen (secondary N) is 1. The van der Waals surface area contributed by atoms with Crippen LogP contribution in [0.25, 0.3) is 11.0 Å². The van der Waals surface area contributed by atoms with Crippen molar-refractivity contribution in [3.63, 3.8) is 0 Å². The maximum atomic E-state index is 12.1.